The highest BCUT2D eigenvalue weighted by molar-refractivity contribution is 6.30. The Morgan fingerprint density at radius 3 is 2.86 bits per heavy atom. The molecule has 0 fully saturated rings. The Bertz CT molecular complexity index is 542. The van der Waals surface area contributed by atoms with Crippen LogP contribution in [0, 0.1) is 5.82 Å². The number of nitrogens with one attached hydrogen (secondary N) is 1. The van der Waals surface area contributed by atoms with Gasteiger partial charge in [-0.25, -0.2) is 4.39 Å². The fraction of sp³-hybridized carbons (Fsp3) is 0.412. The molecule has 1 aromatic heterocycles. The van der Waals surface area contributed by atoms with E-state index in [1.165, 1.54) is 6.07 Å². The third-order valence-electron chi connectivity index (χ3n) is 3.47. The molecule has 2 rings (SSSR count). The van der Waals surface area contributed by atoms with Crippen molar-refractivity contribution in [3.8, 4) is 0 Å². The molecule has 0 aliphatic carbocycles. The van der Waals surface area contributed by atoms with E-state index in [-0.39, 0.29) is 10.8 Å². The molecular formula is C17H21ClFNO. The van der Waals surface area contributed by atoms with E-state index in [1.807, 2.05) is 18.2 Å². The van der Waals surface area contributed by atoms with Gasteiger partial charge in [-0.1, -0.05) is 24.6 Å². The second kappa shape index (κ2) is 8.20. The average molecular weight is 310 g/mol. The number of hydrogen-bond acceptors (Lipinski definition) is 2. The van der Waals surface area contributed by atoms with Crippen LogP contribution in [0.2, 0.25) is 5.02 Å². The topological polar surface area (TPSA) is 25.2 Å². The zero-order chi connectivity index (χ0) is 15.1. The number of furan rings is 1. The van der Waals surface area contributed by atoms with Crippen molar-refractivity contribution in [2.75, 3.05) is 6.54 Å². The Labute approximate surface area is 130 Å². The van der Waals surface area contributed by atoms with Crippen molar-refractivity contribution < 1.29 is 8.81 Å². The van der Waals surface area contributed by atoms with E-state index in [0.717, 1.165) is 43.6 Å². The molecule has 0 amide bonds. The van der Waals surface area contributed by atoms with Crippen LogP contribution in [-0.4, -0.2) is 12.6 Å². The van der Waals surface area contributed by atoms with Crippen molar-refractivity contribution in [2.24, 2.45) is 0 Å². The highest BCUT2D eigenvalue weighted by Crippen LogP contribution is 2.18. The van der Waals surface area contributed by atoms with Crippen LogP contribution in [0.4, 0.5) is 4.39 Å². The zero-order valence-corrected chi connectivity index (χ0v) is 13.0. The molecule has 0 spiro atoms. The van der Waals surface area contributed by atoms with E-state index in [0.29, 0.717) is 6.04 Å². The number of rotatable bonds is 8. The van der Waals surface area contributed by atoms with Gasteiger partial charge < -0.3 is 9.73 Å². The molecule has 1 atom stereocenters. The normalized spacial score (nSPS) is 12.5. The maximum absolute atomic E-state index is 13.5. The minimum Gasteiger partial charge on any atom is -0.469 e. The molecule has 1 aromatic carbocycles. The quantitative estimate of drug-likeness (QED) is 0.770. The van der Waals surface area contributed by atoms with Crippen molar-refractivity contribution >= 4 is 11.6 Å². The molecule has 0 aliphatic heterocycles. The Kier molecular flexibility index (Phi) is 6.27. The summed E-state index contributed by atoms with van der Waals surface area (Å²) >= 11 is 5.73. The number of benzene rings is 1. The van der Waals surface area contributed by atoms with Gasteiger partial charge in [0, 0.05) is 12.5 Å². The van der Waals surface area contributed by atoms with E-state index in [2.05, 4.69) is 12.2 Å². The molecule has 2 aromatic rings. The van der Waals surface area contributed by atoms with Crippen molar-refractivity contribution in [1.29, 1.82) is 0 Å². The Hall–Kier alpha value is -1.32. The second-order valence-electron chi connectivity index (χ2n) is 5.22. The minimum atomic E-state index is -0.352. The van der Waals surface area contributed by atoms with E-state index >= 15 is 0 Å². The van der Waals surface area contributed by atoms with Gasteiger partial charge in [0.25, 0.3) is 0 Å². The molecule has 0 saturated heterocycles. The van der Waals surface area contributed by atoms with Crippen LogP contribution in [0.25, 0.3) is 0 Å². The summed E-state index contributed by atoms with van der Waals surface area (Å²) in [5.74, 6) is 0.634. The molecule has 1 unspecified atom stereocenters. The summed E-state index contributed by atoms with van der Waals surface area (Å²) in [4.78, 5) is 0. The van der Waals surface area contributed by atoms with Crippen LogP contribution in [0.5, 0.6) is 0 Å². The van der Waals surface area contributed by atoms with Crippen LogP contribution in [0.15, 0.2) is 41.0 Å². The lowest BCUT2D eigenvalue weighted by atomic mass is 10.0. The summed E-state index contributed by atoms with van der Waals surface area (Å²) < 4.78 is 18.9. The monoisotopic (exact) mass is 309 g/mol. The molecule has 1 N–H and O–H groups in total. The predicted molar refractivity (Wildman–Crippen MR) is 84.2 cm³/mol. The Balaban J connectivity index is 1.95. The van der Waals surface area contributed by atoms with Crippen LogP contribution in [-0.2, 0) is 12.8 Å². The van der Waals surface area contributed by atoms with Gasteiger partial charge in [-0.15, -0.1) is 0 Å². The van der Waals surface area contributed by atoms with E-state index in [1.54, 1.807) is 12.3 Å². The molecular weight excluding hydrogens is 289 g/mol. The van der Waals surface area contributed by atoms with Gasteiger partial charge in [-0.2, -0.15) is 0 Å². The van der Waals surface area contributed by atoms with Crippen molar-refractivity contribution in [3.63, 3.8) is 0 Å². The maximum Gasteiger partial charge on any atom is 0.142 e. The van der Waals surface area contributed by atoms with E-state index in [4.69, 9.17) is 16.0 Å². The fourth-order valence-corrected chi connectivity index (χ4v) is 2.46. The first-order valence-corrected chi connectivity index (χ1v) is 7.76. The lowest BCUT2D eigenvalue weighted by Gasteiger charge is -2.18. The first kappa shape index (κ1) is 16.1. The summed E-state index contributed by atoms with van der Waals surface area (Å²) in [6, 6.07) is 9.22. The molecule has 0 saturated carbocycles. The Morgan fingerprint density at radius 1 is 1.33 bits per heavy atom. The Morgan fingerprint density at radius 2 is 2.19 bits per heavy atom. The largest absolute Gasteiger partial charge is 0.469 e. The minimum absolute atomic E-state index is 0.174. The smallest absolute Gasteiger partial charge is 0.142 e. The van der Waals surface area contributed by atoms with Gasteiger partial charge in [0.05, 0.1) is 11.3 Å². The maximum atomic E-state index is 13.5. The van der Waals surface area contributed by atoms with Gasteiger partial charge in [0.1, 0.15) is 11.6 Å². The molecule has 2 nitrogen and oxygen atoms in total. The number of hydrogen-bond donors (Lipinski definition) is 1. The molecule has 21 heavy (non-hydrogen) atoms. The molecule has 1 heterocycles. The van der Waals surface area contributed by atoms with Crippen LogP contribution in [0.1, 0.15) is 31.1 Å². The number of halogens is 2. The van der Waals surface area contributed by atoms with Crippen molar-refractivity contribution in [2.45, 2.75) is 38.6 Å². The van der Waals surface area contributed by atoms with E-state index in [9.17, 15) is 4.39 Å². The molecule has 0 aliphatic rings. The highest BCUT2D eigenvalue weighted by Gasteiger charge is 2.11. The number of aryl methyl sites for hydroxylation is 1. The van der Waals surface area contributed by atoms with Crippen molar-refractivity contribution in [1.82, 2.24) is 5.32 Å². The fourth-order valence-electron chi connectivity index (χ4n) is 2.35. The lowest BCUT2D eigenvalue weighted by molar-refractivity contribution is 0.441. The predicted octanol–water partition coefficient (Wildman–Crippen LogP) is 4.62. The third kappa shape index (κ3) is 5.18. The lowest BCUT2D eigenvalue weighted by Crippen LogP contribution is -2.32. The second-order valence-corrected chi connectivity index (χ2v) is 5.63. The first-order chi connectivity index (χ1) is 10.2. The molecule has 0 bridgehead atoms. The standard InChI is InChI=1S/C17H21ClFNO/c1-2-9-20-14(6-7-15-4-3-10-21-15)11-13-5-8-16(18)17(19)12-13/h3-5,8,10,12,14,20H,2,6-7,9,11H2,1H3. The zero-order valence-electron chi connectivity index (χ0n) is 12.2. The average Bonchev–Trinajstić information content (AvgIpc) is 2.99. The van der Waals surface area contributed by atoms with E-state index < -0.39 is 0 Å². The molecule has 0 radical (unpaired) electrons. The van der Waals surface area contributed by atoms with Crippen LogP contribution < -0.4 is 5.32 Å². The first-order valence-electron chi connectivity index (χ1n) is 7.38. The summed E-state index contributed by atoms with van der Waals surface area (Å²) in [6.07, 6.45) is 5.39. The third-order valence-corrected chi connectivity index (χ3v) is 3.77. The van der Waals surface area contributed by atoms with Crippen LogP contribution in [0.3, 0.4) is 0 Å². The van der Waals surface area contributed by atoms with Gasteiger partial charge in [-0.3, -0.25) is 0 Å². The summed E-state index contributed by atoms with van der Waals surface area (Å²) in [6.45, 7) is 3.09. The summed E-state index contributed by atoms with van der Waals surface area (Å²) in [5, 5.41) is 3.69. The summed E-state index contributed by atoms with van der Waals surface area (Å²) in [7, 11) is 0. The van der Waals surface area contributed by atoms with Crippen molar-refractivity contribution in [3.05, 3.63) is 58.8 Å². The van der Waals surface area contributed by atoms with Gasteiger partial charge in [-0.05, 0) is 55.6 Å². The highest BCUT2D eigenvalue weighted by atomic mass is 35.5. The van der Waals surface area contributed by atoms with Gasteiger partial charge in [0.2, 0.25) is 0 Å². The molecule has 4 heteroatoms. The molecule has 114 valence electrons. The van der Waals surface area contributed by atoms with Crippen LogP contribution >= 0.6 is 11.6 Å². The van der Waals surface area contributed by atoms with Gasteiger partial charge in [0.15, 0.2) is 0 Å². The SMILES string of the molecule is CCCNC(CCc1ccco1)Cc1ccc(Cl)c(F)c1. The summed E-state index contributed by atoms with van der Waals surface area (Å²) in [5.41, 5.74) is 0.963. The van der Waals surface area contributed by atoms with Gasteiger partial charge >= 0.3 is 0 Å².